The number of hydrogen-bond acceptors (Lipinski definition) is 5. The van der Waals surface area contributed by atoms with E-state index < -0.39 is 29.6 Å². The molecular formula is C19H18N2O5. The number of rotatable bonds is 4. The minimum absolute atomic E-state index is 0.0198. The number of carbonyl (C=O) groups is 3. The number of carboxylic acid groups (broad SMARTS) is 1. The summed E-state index contributed by atoms with van der Waals surface area (Å²) in [7, 11) is 0. The summed E-state index contributed by atoms with van der Waals surface area (Å²) < 4.78 is 0. The van der Waals surface area contributed by atoms with Crippen LogP contribution in [-0.2, 0) is 9.59 Å². The Balaban J connectivity index is 1.88. The molecule has 1 heterocycles. The van der Waals surface area contributed by atoms with Crippen molar-refractivity contribution in [1.29, 1.82) is 0 Å². The van der Waals surface area contributed by atoms with Gasteiger partial charge in [-0.25, -0.2) is 9.69 Å². The van der Waals surface area contributed by atoms with E-state index in [2.05, 4.69) is 5.32 Å². The molecule has 1 aliphatic heterocycles. The molecule has 0 radical (unpaired) electrons. The second kappa shape index (κ2) is 6.51. The van der Waals surface area contributed by atoms with Crippen LogP contribution >= 0.6 is 0 Å². The lowest BCUT2D eigenvalue weighted by Crippen LogP contribution is -2.35. The number of nitrogens with one attached hydrogen (secondary N) is 1. The summed E-state index contributed by atoms with van der Waals surface area (Å²) >= 11 is 0. The average Bonchev–Trinajstić information content (AvgIpc) is 2.84. The fraction of sp³-hybridized carbons (Fsp3) is 0.211. The summed E-state index contributed by atoms with van der Waals surface area (Å²) in [4.78, 5) is 37.0. The van der Waals surface area contributed by atoms with Gasteiger partial charge in [0.2, 0.25) is 5.91 Å². The predicted octanol–water partition coefficient (Wildman–Crippen LogP) is 2.45. The minimum Gasteiger partial charge on any atom is -0.507 e. The Bertz CT molecular complexity index is 902. The third-order valence-corrected chi connectivity index (χ3v) is 4.42. The van der Waals surface area contributed by atoms with Gasteiger partial charge in [-0.05, 0) is 37.1 Å². The van der Waals surface area contributed by atoms with Gasteiger partial charge in [0.25, 0.3) is 5.91 Å². The number of aromatic carboxylic acids is 1. The molecule has 0 spiro atoms. The average molecular weight is 354 g/mol. The first-order valence-electron chi connectivity index (χ1n) is 8.05. The van der Waals surface area contributed by atoms with E-state index in [0.717, 1.165) is 27.8 Å². The second-order valence-electron chi connectivity index (χ2n) is 6.24. The molecule has 0 bridgehead atoms. The zero-order valence-corrected chi connectivity index (χ0v) is 14.3. The van der Waals surface area contributed by atoms with Crippen molar-refractivity contribution in [3.05, 3.63) is 53.1 Å². The van der Waals surface area contributed by atoms with Crippen molar-refractivity contribution in [2.75, 3.05) is 10.2 Å². The zero-order chi connectivity index (χ0) is 19.0. The molecule has 1 saturated heterocycles. The van der Waals surface area contributed by atoms with Gasteiger partial charge in [-0.3, -0.25) is 9.59 Å². The summed E-state index contributed by atoms with van der Waals surface area (Å²) in [6.45, 7) is 3.83. The number of para-hydroxylation sites is 1. The summed E-state index contributed by atoms with van der Waals surface area (Å²) in [5.41, 5.74) is 2.59. The van der Waals surface area contributed by atoms with Crippen LogP contribution < -0.4 is 10.2 Å². The molecule has 2 aromatic rings. The molecule has 7 heteroatoms. The van der Waals surface area contributed by atoms with E-state index in [1.54, 1.807) is 0 Å². The Morgan fingerprint density at radius 3 is 2.38 bits per heavy atom. The number of carboxylic acids is 1. The lowest BCUT2D eigenvalue weighted by atomic mass is 10.1. The summed E-state index contributed by atoms with van der Waals surface area (Å²) in [5, 5.41) is 21.9. The zero-order valence-electron chi connectivity index (χ0n) is 14.3. The van der Waals surface area contributed by atoms with Crippen molar-refractivity contribution in [2.45, 2.75) is 26.3 Å². The summed E-state index contributed by atoms with van der Waals surface area (Å²) in [6.07, 6.45) is -0.0198. The van der Waals surface area contributed by atoms with Gasteiger partial charge in [-0.15, -0.1) is 0 Å². The molecular weight excluding hydrogens is 336 g/mol. The molecule has 0 aromatic heterocycles. The Morgan fingerprint density at radius 1 is 1.15 bits per heavy atom. The topological polar surface area (TPSA) is 107 Å². The van der Waals surface area contributed by atoms with Crippen molar-refractivity contribution >= 4 is 29.2 Å². The first-order valence-corrected chi connectivity index (χ1v) is 8.05. The molecule has 1 unspecified atom stereocenters. The molecule has 1 atom stereocenters. The van der Waals surface area contributed by atoms with Gasteiger partial charge in [-0.1, -0.05) is 18.2 Å². The highest BCUT2D eigenvalue weighted by molar-refractivity contribution is 6.23. The van der Waals surface area contributed by atoms with Gasteiger partial charge in [0, 0.05) is 11.8 Å². The lowest BCUT2D eigenvalue weighted by molar-refractivity contribution is -0.121. The predicted molar refractivity (Wildman–Crippen MR) is 95.5 cm³/mol. The smallest absolute Gasteiger partial charge is 0.339 e. The van der Waals surface area contributed by atoms with E-state index in [9.17, 15) is 19.5 Å². The number of anilines is 2. The number of amides is 2. The highest BCUT2D eigenvalue weighted by Crippen LogP contribution is 2.30. The molecule has 3 rings (SSSR count). The highest BCUT2D eigenvalue weighted by atomic mass is 16.4. The molecule has 2 aromatic carbocycles. The van der Waals surface area contributed by atoms with Crippen LogP contribution in [0.4, 0.5) is 11.4 Å². The van der Waals surface area contributed by atoms with Crippen molar-refractivity contribution in [2.24, 2.45) is 0 Å². The van der Waals surface area contributed by atoms with Gasteiger partial charge in [0.15, 0.2) is 0 Å². The molecule has 1 aliphatic rings. The van der Waals surface area contributed by atoms with Gasteiger partial charge >= 0.3 is 5.97 Å². The maximum atomic E-state index is 12.7. The van der Waals surface area contributed by atoms with Crippen LogP contribution in [0.2, 0.25) is 0 Å². The molecule has 2 amide bonds. The number of carbonyl (C=O) groups excluding carboxylic acids is 2. The molecule has 26 heavy (non-hydrogen) atoms. The number of aryl methyl sites for hydroxylation is 2. The quantitative estimate of drug-likeness (QED) is 0.728. The van der Waals surface area contributed by atoms with E-state index in [0.29, 0.717) is 0 Å². The Kier molecular flexibility index (Phi) is 4.38. The Morgan fingerprint density at radius 2 is 1.81 bits per heavy atom. The van der Waals surface area contributed by atoms with Crippen LogP contribution in [0.3, 0.4) is 0 Å². The molecule has 7 nitrogen and oxygen atoms in total. The Labute approximate surface area is 149 Å². The summed E-state index contributed by atoms with van der Waals surface area (Å²) in [6, 6.07) is 8.63. The van der Waals surface area contributed by atoms with E-state index in [1.807, 2.05) is 32.0 Å². The molecule has 0 saturated carbocycles. The van der Waals surface area contributed by atoms with E-state index in [4.69, 9.17) is 5.11 Å². The van der Waals surface area contributed by atoms with Crippen molar-refractivity contribution in [3.63, 3.8) is 0 Å². The highest BCUT2D eigenvalue weighted by Gasteiger charge is 2.40. The van der Waals surface area contributed by atoms with E-state index in [-0.39, 0.29) is 17.7 Å². The van der Waals surface area contributed by atoms with Crippen molar-refractivity contribution in [3.8, 4) is 5.75 Å². The summed E-state index contributed by atoms with van der Waals surface area (Å²) in [5.74, 6) is -2.65. The molecule has 3 N–H and O–H groups in total. The number of phenols is 1. The van der Waals surface area contributed by atoms with Crippen LogP contribution in [0.25, 0.3) is 0 Å². The van der Waals surface area contributed by atoms with Crippen LogP contribution in [0.1, 0.15) is 27.9 Å². The third kappa shape index (κ3) is 2.99. The van der Waals surface area contributed by atoms with E-state index in [1.165, 1.54) is 12.1 Å². The fourth-order valence-corrected chi connectivity index (χ4v) is 3.07. The maximum absolute atomic E-state index is 12.7. The van der Waals surface area contributed by atoms with Gasteiger partial charge in [0.05, 0.1) is 12.1 Å². The van der Waals surface area contributed by atoms with Crippen LogP contribution in [0.15, 0.2) is 36.4 Å². The molecule has 0 aliphatic carbocycles. The number of benzene rings is 2. The van der Waals surface area contributed by atoms with Gasteiger partial charge in [0.1, 0.15) is 17.4 Å². The fourth-order valence-electron chi connectivity index (χ4n) is 3.07. The largest absolute Gasteiger partial charge is 0.507 e. The SMILES string of the molecule is Cc1cccc(C)c1NC1CC(=O)N(c2ccc(C(=O)O)c(O)c2)C1=O. The number of hydrogen-bond donors (Lipinski definition) is 3. The van der Waals surface area contributed by atoms with Crippen LogP contribution in [0, 0.1) is 13.8 Å². The number of aromatic hydroxyl groups is 1. The normalized spacial score (nSPS) is 16.8. The van der Waals surface area contributed by atoms with Gasteiger partial charge in [-0.2, -0.15) is 0 Å². The third-order valence-electron chi connectivity index (χ3n) is 4.42. The maximum Gasteiger partial charge on any atom is 0.339 e. The molecule has 1 fully saturated rings. The number of nitrogens with zero attached hydrogens (tertiary/aromatic N) is 1. The number of imide groups is 1. The first kappa shape index (κ1) is 17.5. The van der Waals surface area contributed by atoms with Crippen LogP contribution in [0.5, 0.6) is 5.75 Å². The minimum atomic E-state index is -1.29. The van der Waals surface area contributed by atoms with Crippen molar-refractivity contribution in [1.82, 2.24) is 0 Å². The Hall–Kier alpha value is -3.35. The monoisotopic (exact) mass is 354 g/mol. The lowest BCUT2D eigenvalue weighted by Gasteiger charge is -2.18. The first-order chi connectivity index (χ1) is 12.3. The van der Waals surface area contributed by atoms with E-state index >= 15 is 0 Å². The van der Waals surface area contributed by atoms with Crippen molar-refractivity contribution < 1.29 is 24.6 Å². The molecule has 134 valence electrons. The van der Waals surface area contributed by atoms with Crippen LogP contribution in [-0.4, -0.2) is 34.0 Å². The second-order valence-corrected chi connectivity index (χ2v) is 6.24. The standard InChI is InChI=1S/C19H18N2O5/c1-10-4-3-5-11(2)17(10)20-14-9-16(23)21(18(14)24)12-6-7-13(19(25)26)15(22)8-12/h3-8,14,20,22H,9H2,1-2H3,(H,25,26). The van der Waals surface area contributed by atoms with Gasteiger partial charge < -0.3 is 15.5 Å².